The number of hydrogen-bond acceptors (Lipinski definition) is 12. The minimum Gasteiger partial charge on any atom is -0.414 e. The highest BCUT2D eigenvalue weighted by Gasteiger charge is 2.65. The topological polar surface area (TPSA) is 178 Å². The van der Waals surface area contributed by atoms with E-state index in [-0.39, 0.29) is 19.3 Å². The molecule has 0 aliphatic rings. The van der Waals surface area contributed by atoms with Gasteiger partial charge in [-0.25, -0.2) is 0 Å². The Morgan fingerprint density at radius 1 is 0.477 bits per heavy atom. The zero-order valence-electron chi connectivity index (χ0n) is 29.2. The summed E-state index contributed by atoms with van der Waals surface area (Å²) < 4.78 is 111. The molecule has 0 heterocycles. The highest BCUT2D eigenvalue weighted by atomic mass is 32.2. The van der Waals surface area contributed by atoms with Crippen LogP contribution < -0.4 is 0 Å². The second-order valence-electron chi connectivity index (χ2n) is 13.4. The summed E-state index contributed by atoms with van der Waals surface area (Å²) in [5.41, 5.74) is -2.62. The third kappa shape index (κ3) is 14.4. The standard InChI is InChI=1S/C23H57O13S3Si5/c1-16-20(31-37(5,24)25)41(10,11)34-44(23(19-4)40(8,9)30,35-42(12,13)21(17-2)32-38(6,26)27)36-43(14,15)22(18-3)33-39(7,28)29/h20-23H,16-19H2,1-15H3. The molecule has 0 bridgehead atoms. The lowest BCUT2D eigenvalue weighted by atomic mass is 10.5. The summed E-state index contributed by atoms with van der Waals surface area (Å²) in [5, 5.41) is -0.775. The van der Waals surface area contributed by atoms with Gasteiger partial charge in [0.2, 0.25) is 33.3 Å². The van der Waals surface area contributed by atoms with Gasteiger partial charge in [-0.15, -0.1) is 0 Å². The van der Waals surface area contributed by atoms with Crippen LogP contribution in [0.3, 0.4) is 0 Å². The van der Waals surface area contributed by atoms with Crippen LogP contribution in [0.25, 0.3) is 0 Å². The van der Waals surface area contributed by atoms with Crippen molar-refractivity contribution in [3.63, 3.8) is 0 Å². The maximum absolute atomic E-state index is 14.1. The molecule has 21 heteroatoms. The van der Waals surface area contributed by atoms with Gasteiger partial charge in [0, 0.05) is 5.16 Å². The number of rotatable bonds is 21. The van der Waals surface area contributed by atoms with Gasteiger partial charge in [-0.1, -0.05) is 27.7 Å². The quantitative estimate of drug-likeness (QED) is 0.119. The molecule has 0 rings (SSSR count). The summed E-state index contributed by atoms with van der Waals surface area (Å²) in [4.78, 5) is 14.1. The van der Waals surface area contributed by atoms with Crippen molar-refractivity contribution in [1.29, 1.82) is 0 Å². The lowest BCUT2D eigenvalue weighted by Crippen LogP contribution is -2.72. The van der Waals surface area contributed by atoms with E-state index in [0.717, 1.165) is 18.8 Å². The highest BCUT2D eigenvalue weighted by molar-refractivity contribution is 7.86. The van der Waals surface area contributed by atoms with E-state index in [9.17, 15) is 30.0 Å². The first-order valence-corrected chi connectivity index (χ1v) is 34.0. The Hall–Kier alpha value is 0.654. The van der Waals surface area contributed by atoms with Crippen LogP contribution >= 0.6 is 0 Å². The Labute approximate surface area is 273 Å². The summed E-state index contributed by atoms with van der Waals surface area (Å²) in [7, 11) is -29.4. The molecule has 0 aliphatic heterocycles. The van der Waals surface area contributed by atoms with E-state index in [1.165, 1.54) is 0 Å². The van der Waals surface area contributed by atoms with Gasteiger partial charge in [0.25, 0.3) is 30.4 Å². The smallest absolute Gasteiger partial charge is 0.414 e. The first kappa shape index (κ1) is 44.7. The van der Waals surface area contributed by atoms with E-state index in [1.54, 1.807) is 73.1 Å². The zero-order chi connectivity index (χ0) is 35.4. The summed E-state index contributed by atoms with van der Waals surface area (Å²) >= 11 is 0. The average Bonchev–Trinajstić information content (AvgIpc) is 2.75. The van der Waals surface area contributed by atoms with Crippen LogP contribution in [-0.4, -0.2) is 103 Å². The van der Waals surface area contributed by atoms with Crippen LogP contribution in [0.4, 0.5) is 0 Å². The lowest BCUT2D eigenvalue weighted by molar-refractivity contribution is 0.173. The molecule has 0 saturated carbocycles. The summed E-state index contributed by atoms with van der Waals surface area (Å²) in [6, 6.07) is 0. The van der Waals surface area contributed by atoms with Crippen LogP contribution in [0.2, 0.25) is 57.5 Å². The molecule has 13 nitrogen and oxygen atoms in total. The van der Waals surface area contributed by atoms with E-state index < -0.39 is 94.8 Å². The van der Waals surface area contributed by atoms with Crippen LogP contribution in [-0.2, 0) is 60.0 Å². The Morgan fingerprint density at radius 3 is 0.841 bits per heavy atom. The molecule has 0 N–H and O–H groups in total. The largest absolute Gasteiger partial charge is 0.472 e. The Morgan fingerprint density at radius 2 is 0.705 bits per heavy atom. The maximum Gasteiger partial charge on any atom is 0.472 e. The molecule has 4 unspecified atom stereocenters. The van der Waals surface area contributed by atoms with Crippen LogP contribution in [0.5, 0.6) is 0 Å². The molecule has 0 fully saturated rings. The van der Waals surface area contributed by atoms with Crippen LogP contribution in [0.1, 0.15) is 53.4 Å². The summed E-state index contributed by atoms with van der Waals surface area (Å²) in [6.45, 7) is 21.0. The Bertz CT molecular complexity index is 1110. The lowest BCUT2D eigenvalue weighted by Gasteiger charge is -2.51. The molecular formula is C23H57O13S3Si5. The average molecular weight is 778 g/mol. The molecule has 0 aromatic carbocycles. The van der Waals surface area contributed by atoms with E-state index in [2.05, 4.69) is 0 Å². The molecule has 265 valence electrons. The van der Waals surface area contributed by atoms with Crippen molar-refractivity contribution in [2.75, 3.05) is 18.8 Å². The minimum absolute atomic E-state index is 0.275. The van der Waals surface area contributed by atoms with Crippen molar-refractivity contribution >= 4 is 72.4 Å². The molecule has 0 aromatic rings. The van der Waals surface area contributed by atoms with E-state index in [1.807, 2.05) is 6.92 Å². The van der Waals surface area contributed by atoms with Crippen molar-refractivity contribution in [2.24, 2.45) is 0 Å². The van der Waals surface area contributed by atoms with Gasteiger partial charge < -0.3 is 12.3 Å². The monoisotopic (exact) mass is 777 g/mol. The fourth-order valence-corrected chi connectivity index (χ4v) is 34.6. The Balaban J connectivity index is 7.80. The molecule has 0 aromatic heterocycles. The molecule has 0 amide bonds. The first-order chi connectivity index (χ1) is 19.3. The van der Waals surface area contributed by atoms with Crippen molar-refractivity contribution in [3.05, 3.63) is 0 Å². The molecule has 0 saturated heterocycles. The van der Waals surface area contributed by atoms with E-state index in [0.29, 0.717) is 6.42 Å². The normalized spacial score (nSPS) is 18.8. The van der Waals surface area contributed by atoms with Gasteiger partial charge >= 0.3 is 8.80 Å². The van der Waals surface area contributed by atoms with Crippen LogP contribution in [0.15, 0.2) is 0 Å². The molecular weight excluding hydrogens is 721 g/mol. The summed E-state index contributed by atoms with van der Waals surface area (Å²) in [6.07, 6.45) is 3.98. The second-order valence-corrected chi connectivity index (χ2v) is 38.6. The second kappa shape index (κ2) is 15.9. The van der Waals surface area contributed by atoms with Crippen molar-refractivity contribution in [2.45, 2.75) is 128 Å². The minimum atomic E-state index is -4.32. The Kier molecular flexibility index (Phi) is 16.1. The zero-order valence-corrected chi connectivity index (χ0v) is 36.6. The van der Waals surface area contributed by atoms with Gasteiger partial charge in [-0.05, 0) is 78.1 Å². The maximum atomic E-state index is 14.1. The molecule has 0 aliphatic carbocycles. The van der Waals surface area contributed by atoms with Gasteiger partial charge in [-0.2, -0.15) is 25.3 Å². The van der Waals surface area contributed by atoms with Gasteiger partial charge in [-0.3, -0.25) is 17.3 Å². The van der Waals surface area contributed by atoms with Gasteiger partial charge in [0.15, 0.2) is 0 Å². The first-order valence-electron chi connectivity index (χ1n) is 14.8. The summed E-state index contributed by atoms with van der Waals surface area (Å²) in [5.74, 6) is 0. The predicted octanol–water partition coefficient (Wildman–Crippen LogP) is 4.43. The fraction of sp³-hybridized carbons (Fsp3) is 1.00. The van der Waals surface area contributed by atoms with E-state index >= 15 is 0 Å². The van der Waals surface area contributed by atoms with Crippen molar-refractivity contribution in [1.82, 2.24) is 0 Å². The third-order valence-electron chi connectivity index (χ3n) is 7.20. The fourth-order valence-electron chi connectivity index (χ4n) is 5.40. The molecule has 0 spiro atoms. The van der Waals surface area contributed by atoms with E-state index in [4.69, 9.17) is 24.9 Å². The molecule has 1 radical (unpaired) electrons. The van der Waals surface area contributed by atoms with Crippen molar-refractivity contribution in [3.8, 4) is 0 Å². The SMILES string of the molecule is CCC(OS(C)(=O)=O)[Si](C)(C)O[Si](O[Si](C)(C)C(CC)OS(C)(=O)=O)(O[Si](C)(C)C(CC)OS(C)(=O)=O)C(CC)[Si](C)(C)[O]. The molecule has 4 atom stereocenters. The predicted molar refractivity (Wildman–Crippen MR) is 184 cm³/mol. The van der Waals surface area contributed by atoms with Crippen molar-refractivity contribution < 1.29 is 54.9 Å². The number of hydrogen-bond donors (Lipinski definition) is 0. The highest BCUT2D eigenvalue weighted by Crippen LogP contribution is 2.44. The van der Waals surface area contributed by atoms with Gasteiger partial charge in [0.05, 0.1) is 35.9 Å². The van der Waals surface area contributed by atoms with Crippen LogP contribution in [0, 0.1) is 0 Å². The molecule has 44 heavy (non-hydrogen) atoms. The third-order valence-corrected chi connectivity index (χ3v) is 31.9. The van der Waals surface area contributed by atoms with Gasteiger partial charge in [0.1, 0.15) is 0 Å².